The lowest BCUT2D eigenvalue weighted by Gasteiger charge is -2.35. The topological polar surface area (TPSA) is 75.2 Å². The van der Waals surface area contributed by atoms with E-state index in [0.29, 0.717) is 39.9 Å². The lowest BCUT2D eigenvalue weighted by Crippen LogP contribution is -2.44. The van der Waals surface area contributed by atoms with Gasteiger partial charge < -0.3 is 20.3 Å². The first-order chi connectivity index (χ1) is 12.7. The summed E-state index contributed by atoms with van der Waals surface area (Å²) in [5.41, 5.74) is 0.561. The maximum absolute atomic E-state index is 6.23. The van der Waals surface area contributed by atoms with Crippen molar-refractivity contribution in [2.24, 2.45) is 0 Å². The molecule has 0 aliphatic carbocycles. The second-order valence-corrected chi connectivity index (χ2v) is 7.17. The van der Waals surface area contributed by atoms with Crippen LogP contribution in [-0.2, 0) is 0 Å². The molecule has 0 atom stereocenters. The summed E-state index contributed by atoms with van der Waals surface area (Å²) >= 11 is 12.5. The van der Waals surface area contributed by atoms with E-state index in [1.165, 1.54) is 12.4 Å². The summed E-state index contributed by atoms with van der Waals surface area (Å²) in [6.07, 6.45) is 7.75. The van der Waals surface area contributed by atoms with E-state index in [-0.39, 0.29) is 12.4 Å². The molecule has 27 heavy (non-hydrogen) atoms. The van der Waals surface area contributed by atoms with Crippen LogP contribution < -0.4 is 20.3 Å². The second-order valence-electron chi connectivity index (χ2n) is 6.35. The normalized spacial score (nSPS) is 17.3. The van der Waals surface area contributed by atoms with Gasteiger partial charge in [-0.3, -0.25) is 4.98 Å². The van der Waals surface area contributed by atoms with Crippen LogP contribution in [0, 0.1) is 0 Å². The van der Waals surface area contributed by atoms with Gasteiger partial charge in [-0.05, 0) is 32.4 Å². The van der Waals surface area contributed by atoms with E-state index >= 15 is 0 Å². The molecule has 0 amide bonds. The Hall–Kier alpha value is -1.54. The number of rotatable bonds is 3. The first-order valence-corrected chi connectivity index (χ1v) is 9.51. The van der Waals surface area contributed by atoms with Gasteiger partial charge in [0, 0.05) is 25.0 Å². The number of fused-ring (bicyclic) bond motifs is 1. The van der Waals surface area contributed by atoms with Crippen LogP contribution in [0.3, 0.4) is 0 Å². The van der Waals surface area contributed by atoms with Crippen molar-refractivity contribution in [1.82, 2.24) is 20.3 Å². The van der Waals surface area contributed by atoms with E-state index in [1.807, 2.05) is 0 Å². The first-order valence-electron chi connectivity index (χ1n) is 8.75. The Bertz CT molecular complexity index is 767. The average molecular weight is 432 g/mol. The molecule has 10 heteroatoms. The third-order valence-electron chi connectivity index (χ3n) is 4.69. The van der Waals surface area contributed by atoms with Gasteiger partial charge in [-0.1, -0.05) is 23.2 Å². The molecule has 0 spiro atoms. The standard InChI is InChI=1S/C17H20Cl2N6O.ClH/c18-12-8-21-9-13(19)14(12)24-16-15-17(23-10-22-16)25(6-1-7-26-15)11-2-4-20-5-3-11;/h8-11,20H,1-7H2,(H,21,22,23,24);1H. The molecule has 7 nitrogen and oxygen atoms in total. The molecule has 1 saturated heterocycles. The highest BCUT2D eigenvalue weighted by atomic mass is 35.5. The number of ether oxygens (including phenoxy) is 1. The van der Waals surface area contributed by atoms with Gasteiger partial charge in [0.05, 0.1) is 22.3 Å². The number of nitrogens with zero attached hydrogens (tertiary/aromatic N) is 4. The Labute approximate surface area is 174 Å². The summed E-state index contributed by atoms with van der Waals surface area (Å²) in [4.78, 5) is 15.2. The molecule has 4 heterocycles. The van der Waals surface area contributed by atoms with Crippen LogP contribution in [0.2, 0.25) is 10.0 Å². The zero-order valence-corrected chi connectivity index (χ0v) is 16.9. The van der Waals surface area contributed by atoms with Gasteiger partial charge in [0.15, 0.2) is 11.6 Å². The highest BCUT2D eigenvalue weighted by Gasteiger charge is 2.28. The van der Waals surface area contributed by atoms with Crippen molar-refractivity contribution in [3.05, 3.63) is 28.8 Å². The Morgan fingerprint density at radius 3 is 2.63 bits per heavy atom. The molecule has 0 saturated carbocycles. The monoisotopic (exact) mass is 430 g/mol. The molecular weight excluding hydrogens is 411 g/mol. The van der Waals surface area contributed by atoms with E-state index in [4.69, 9.17) is 27.9 Å². The minimum Gasteiger partial charge on any atom is -0.486 e. The zero-order chi connectivity index (χ0) is 17.9. The fourth-order valence-corrected chi connectivity index (χ4v) is 3.89. The molecule has 0 radical (unpaired) electrons. The second kappa shape index (κ2) is 9.10. The molecule has 2 aromatic rings. The highest BCUT2D eigenvalue weighted by Crippen LogP contribution is 2.40. The molecular formula is C17H21Cl3N6O. The molecule has 2 N–H and O–H groups in total. The molecule has 0 unspecified atom stereocenters. The largest absolute Gasteiger partial charge is 0.486 e. The molecule has 1 fully saturated rings. The molecule has 2 aromatic heterocycles. The predicted molar refractivity (Wildman–Crippen MR) is 110 cm³/mol. The number of pyridine rings is 1. The summed E-state index contributed by atoms with van der Waals surface area (Å²) in [5, 5.41) is 7.46. The third-order valence-corrected chi connectivity index (χ3v) is 5.27. The molecule has 0 bridgehead atoms. The van der Waals surface area contributed by atoms with Crippen LogP contribution in [0.1, 0.15) is 19.3 Å². The predicted octanol–water partition coefficient (Wildman–Crippen LogP) is 3.68. The van der Waals surface area contributed by atoms with Gasteiger partial charge in [-0.25, -0.2) is 9.97 Å². The smallest absolute Gasteiger partial charge is 0.204 e. The first kappa shape index (κ1) is 20.2. The Morgan fingerprint density at radius 2 is 1.89 bits per heavy atom. The Balaban J connectivity index is 0.00000210. The maximum atomic E-state index is 6.23. The number of nitrogens with one attached hydrogen (secondary N) is 2. The minimum absolute atomic E-state index is 0. The number of halogens is 3. The Morgan fingerprint density at radius 1 is 1.15 bits per heavy atom. The van der Waals surface area contributed by atoms with Crippen molar-refractivity contribution in [1.29, 1.82) is 0 Å². The van der Waals surface area contributed by atoms with Gasteiger partial charge in [-0.15, -0.1) is 12.4 Å². The lowest BCUT2D eigenvalue weighted by atomic mass is 10.0. The quantitative estimate of drug-likeness (QED) is 0.767. The lowest BCUT2D eigenvalue weighted by molar-refractivity contribution is 0.321. The van der Waals surface area contributed by atoms with Crippen molar-refractivity contribution in [3.8, 4) is 5.75 Å². The highest BCUT2D eigenvalue weighted by molar-refractivity contribution is 6.39. The van der Waals surface area contributed by atoms with Crippen LogP contribution in [0.15, 0.2) is 18.7 Å². The van der Waals surface area contributed by atoms with Crippen molar-refractivity contribution < 1.29 is 4.74 Å². The van der Waals surface area contributed by atoms with Crippen LogP contribution in [-0.4, -0.2) is 47.2 Å². The minimum atomic E-state index is 0. The van der Waals surface area contributed by atoms with Gasteiger partial charge >= 0.3 is 0 Å². The van der Waals surface area contributed by atoms with Crippen LogP contribution >= 0.6 is 35.6 Å². The van der Waals surface area contributed by atoms with E-state index in [9.17, 15) is 0 Å². The summed E-state index contributed by atoms with van der Waals surface area (Å²) in [6, 6.07) is 0.451. The van der Waals surface area contributed by atoms with Crippen LogP contribution in [0.25, 0.3) is 0 Å². The Kier molecular flexibility index (Phi) is 6.81. The van der Waals surface area contributed by atoms with Gasteiger partial charge in [0.1, 0.15) is 6.33 Å². The van der Waals surface area contributed by atoms with E-state index in [2.05, 4.69) is 30.5 Å². The van der Waals surface area contributed by atoms with E-state index < -0.39 is 0 Å². The van der Waals surface area contributed by atoms with Crippen molar-refractivity contribution >= 4 is 52.9 Å². The summed E-state index contributed by atoms with van der Waals surface area (Å²) in [7, 11) is 0. The molecule has 0 aromatic carbocycles. The number of aromatic nitrogens is 3. The van der Waals surface area contributed by atoms with Crippen molar-refractivity contribution in [2.45, 2.75) is 25.3 Å². The van der Waals surface area contributed by atoms with Gasteiger partial charge in [-0.2, -0.15) is 0 Å². The fraction of sp³-hybridized carbons (Fsp3) is 0.471. The summed E-state index contributed by atoms with van der Waals surface area (Å²) < 4.78 is 6.01. The van der Waals surface area contributed by atoms with E-state index in [1.54, 1.807) is 6.33 Å². The number of hydrogen-bond donors (Lipinski definition) is 2. The number of anilines is 3. The summed E-state index contributed by atoms with van der Waals surface area (Å²) in [6.45, 7) is 3.59. The van der Waals surface area contributed by atoms with Gasteiger partial charge in [0.2, 0.25) is 5.75 Å². The van der Waals surface area contributed by atoms with E-state index in [0.717, 1.165) is 44.7 Å². The third kappa shape index (κ3) is 4.32. The zero-order valence-electron chi connectivity index (χ0n) is 14.6. The SMILES string of the molecule is Cl.Clc1cncc(Cl)c1Nc1ncnc2c1OCCCN2C1CCNCC1. The number of piperidine rings is 1. The maximum Gasteiger partial charge on any atom is 0.204 e. The van der Waals surface area contributed by atoms with Crippen LogP contribution in [0.5, 0.6) is 5.75 Å². The molecule has 146 valence electrons. The fourth-order valence-electron chi connectivity index (χ4n) is 3.43. The summed E-state index contributed by atoms with van der Waals surface area (Å²) in [5.74, 6) is 2.03. The number of hydrogen-bond acceptors (Lipinski definition) is 7. The van der Waals surface area contributed by atoms with Crippen LogP contribution in [0.4, 0.5) is 17.3 Å². The molecule has 4 rings (SSSR count). The van der Waals surface area contributed by atoms with Crippen molar-refractivity contribution in [3.63, 3.8) is 0 Å². The average Bonchev–Trinajstić information content (AvgIpc) is 2.89. The van der Waals surface area contributed by atoms with Crippen molar-refractivity contribution in [2.75, 3.05) is 36.5 Å². The van der Waals surface area contributed by atoms with Gasteiger partial charge in [0.25, 0.3) is 0 Å². The molecule has 2 aliphatic rings. The molecule has 2 aliphatic heterocycles.